The highest BCUT2D eigenvalue weighted by Crippen LogP contribution is 2.43. The maximum Gasteiger partial charge on any atom is 0.0145 e. The molecule has 0 unspecified atom stereocenters. The molecule has 2 aliphatic rings. The summed E-state index contributed by atoms with van der Waals surface area (Å²) in [5, 5.41) is 0. The van der Waals surface area contributed by atoms with Gasteiger partial charge in [-0.05, 0) is 33.5 Å². The molecule has 0 radical (unpaired) electrons. The van der Waals surface area contributed by atoms with E-state index in [2.05, 4.69) is 30.7 Å². The van der Waals surface area contributed by atoms with Gasteiger partial charge in [-0.1, -0.05) is 6.92 Å². The molecule has 1 atom stereocenters. The SMILES string of the molecule is CCN1CC2(CCN(C)[C@H]2C)C1. The number of likely N-dealkylation sites (tertiary alicyclic amines) is 2. The van der Waals surface area contributed by atoms with Gasteiger partial charge in [0.05, 0.1) is 0 Å². The van der Waals surface area contributed by atoms with Crippen molar-refractivity contribution in [3.63, 3.8) is 0 Å². The van der Waals surface area contributed by atoms with Crippen molar-refractivity contribution in [2.75, 3.05) is 33.2 Å². The van der Waals surface area contributed by atoms with Crippen molar-refractivity contribution in [1.29, 1.82) is 0 Å². The Morgan fingerprint density at radius 1 is 1.42 bits per heavy atom. The Morgan fingerprint density at radius 3 is 2.50 bits per heavy atom. The van der Waals surface area contributed by atoms with Crippen molar-refractivity contribution >= 4 is 0 Å². The first kappa shape index (κ1) is 8.52. The van der Waals surface area contributed by atoms with Crippen LogP contribution in [-0.4, -0.2) is 49.1 Å². The highest BCUT2D eigenvalue weighted by atomic mass is 15.3. The van der Waals surface area contributed by atoms with Gasteiger partial charge in [-0.15, -0.1) is 0 Å². The summed E-state index contributed by atoms with van der Waals surface area (Å²) in [5.41, 5.74) is 0.671. The van der Waals surface area contributed by atoms with Crippen LogP contribution in [0.2, 0.25) is 0 Å². The van der Waals surface area contributed by atoms with E-state index in [0.29, 0.717) is 5.41 Å². The summed E-state index contributed by atoms with van der Waals surface area (Å²) in [4.78, 5) is 5.06. The minimum absolute atomic E-state index is 0.671. The summed E-state index contributed by atoms with van der Waals surface area (Å²) in [6.07, 6.45) is 1.42. The predicted octanol–water partition coefficient (Wildman–Crippen LogP) is 1.03. The Hall–Kier alpha value is -0.0800. The van der Waals surface area contributed by atoms with Crippen LogP contribution in [0.5, 0.6) is 0 Å². The van der Waals surface area contributed by atoms with Gasteiger partial charge in [-0.25, -0.2) is 0 Å². The topological polar surface area (TPSA) is 6.48 Å². The van der Waals surface area contributed by atoms with Crippen LogP contribution in [0.1, 0.15) is 20.3 Å². The normalized spacial score (nSPS) is 35.8. The van der Waals surface area contributed by atoms with Gasteiger partial charge in [0, 0.05) is 24.5 Å². The van der Waals surface area contributed by atoms with Crippen molar-refractivity contribution in [2.45, 2.75) is 26.3 Å². The van der Waals surface area contributed by atoms with E-state index in [0.717, 1.165) is 6.04 Å². The van der Waals surface area contributed by atoms with Crippen molar-refractivity contribution in [1.82, 2.24) is 9.80 Å². The maximum absolute atomic E-state index is 2.55. The molecule has 2 heteroatoms. The molecule has 2 saturated heterocycles. The van der Waals surface area contributed by atoms with E-state index in [9.17, 15) is 0 Å². The zero-order valence-electron chi connectivity index (χ0n) is 8.51. The van der Waals surface area contributed by atoms with Gasteiger partial charge in [0.25, 0.3) is 0 Å². The largest absolute Gasteiger partial charge is 0.303 e. The van der Waals surface area contributed by atoms with Crippen LogP contribution in [0.4, 0.5) is 0 Å². The lowest BCUT2D eigenvalue weighted by molar-refractivity contribution is -0.0143. The van der Waals surface area contributed by atoms with E-state index in [4.69, 9.17) is 0 Å². The minimum atomic E-state index is 0.671. The quantitative estimate of drug-likeness (QED) is 0.577. The Kier molecular flexibility index (Phi) is 1.92. The van der Waals surface area contributed by atoms with Gasteiger partial charge < -0.3 is 9.80 Å². The molecule has 2 aliphatic heterocycles. The molecule has 70 valence electrons. The Bertz CT molecular complexity index is 173. The summed E-state index contributed by atoms with van der Waals surface area (Å²) in [5.74, 6) is 0. The number of hydrogen-bond acceptors (Lipinski definition) is 2. The maximum atomic E-state index is 2.55. The molecular weight excluding hydrogens is 148 g/mol. The summed E-state index contributed by atoms with van der Waals surface area (Å²) in [6.45, 7) is 9.87. The van der Waals surface area contributed by atoms with Gasteiger partial charge in [0.2, 0.25) is 0 Å². The molecule has 0 bridgehead atoms. The van der Waals surface area contributed by atoms with Crippen LogP contribution >= 0.6 is 0 Å². The third kappa shape index (κ3) is 1.01. The highest BCUT2D eigenvalue weighted by Gasteiger charge is 2.50. The summed E-state index contributed by atoms with van der Waals surface area (Å²) in [6, 6.07) is 0.806. The van der Waals surface area contributed by atoms with Gasteiger partial charge in [0.1, 0.15) is 0 Å². The van der Waals surface area contributed by atoms with Crippen LogP contribution in [-0.2, 0) is 0 Å². The first-order chi connectivity index (χ1) is 5.68. The first-order valence-corrected chi connectivity index (χ1v) is 5.10. The van der Waals surface area contributed by atoms with E-state index in [1.807, 2.05) is 0 Å². The molecule has 0 aromatic carbocycles. The van der Waals surface area contributed by atoms with Gasteiger partial charge in [-0.2, -0.15) is 0 Å². The monoisotopic (exact) mass is 168 g/mol. The van der Waals surface area contributed by atoms with Crippen LogP contribution in [0, 0.1) is 5.41 Å². The predicted molar refractivity (Wildman–Crippen MR) is 51.3 cm³/mol. The van der Waals surface area contributed by atoms with E-state index in [1.54, 1.807) is 0 Å². The van der Waals surface area contributed by atoms with E-state index < -0.39 is 0 Å². The molecule has 2 nitrogen and oxygen atoms in total. The zero-order chi connectivity index (χ0) is 8.77. The van der Waals surface area contributed by atoms with Crippen molar-refractivity contribution < 1.29 is 0 Å². The zero-order valence-corrected chi connectivity index (χ0v) is 8.51. The average Bonchev–Trinajstić information content (AvgIpc) is 2.27. The van der Waals surface area contributed by atoms with Gasteiger partial charge in [0.15, 0.2) is 0 Å². The molecule has 2 fully saturated rings. The van der Waals surface area contributed by atoms with E-state index >= 15 is 0 Å². The Morgan fingerprint density at radius 2 is 2.08 bits per heavy atom. The second-order valence-electron chi connectivity index (χ2n) is 4.57. The molecule has 0 saturated carbocycles. The molecule has 2 rings (SSSR count). The minimum Gasteiger partial charge on any atom is -0.303 e. The van der Waals surface area contributed by atoms with Crippen molar-refractivity contribution in [3.05, 3.63) is 0 Å². The summed E-state index contributed by atoms with van der Waals surface area (Å²) >= 11 is 0. The summed E-state index contributed by atoms with van der Waals surface area (Å²) in [7, 11) is 2.26. The molecule has 0 aromatic rings. The second-order valence-corrected chi connectivity index (χ2v) is 4.57. The Balaban J connectivity index is 1.98. The second kappa shape index (κ2) is 2.71. The fourth-order valence-corrected chi connectivity index (χ4v) is 2.76. The standard InChI is InChI=1S/C10H20N2/c1-4-12-7-10(8-12)5-6-11(3)9(10)2/h9H,4-8H2,1-3H3/t9-/m0/s1. The van der Waals surface area contributed by atoms with Gasteiger partial charge in [-0.3, -0.25) is 0 Å². The van der Waals surface area contributed by atoms with Crippen LogP contribution in [0.25, 0.3) is 0 Å². The van der Waals surface area contributed by atoms with Gasteiger partial charge >= 0.3 is 0 Å². The van der Waals surface area contributed by atoms with Crippen molar-refractivity contribution in [3.8, 4) is 0 Å². The smallest absolute Gasteiger partial charge is 0.0145 e. The molecular formula is C10H20N2. The first-order valence-electron chi connectivity index (χ1n) is 5.10. The third-order valence-electron chi connectivity index (χ3n) is 4.03. The number of rotatable bonds is 1. The summed E-state index contributed by atoms with van der Waals surface area (Å²) < 4.78 is 0. The molecule has 0 aromatic heterocycles. The molecule has 0 N–H and O–H groups in total. The third-order valence-corrected chi connectivity index (χ3v) is 4.03. The Labute approximate surface area is 75.5 Å². The number of hydrogen-bond donors (Lipinski definition) is 0. The lowest BCUT2D eigenvalue weighted by atomic mass is 9.74. The van der Waals surface area contributed by atoms with Crippen LogP contribution < -0.4 is 0 Å². The fourth-order valence-electron chi connectivity index (χ4n) is 2.76. The van der Waals surface area contributed by atoms with E-state index in [-0.39, 0.29) is 0 Å². The van der Waals surface area contributed by atoms with Crippen molar-refractivity contribution in [2.24, 2.45) is 5.41 Å². The fraction of sp³-hybridized carbons (Fsp3) is 1.00. The van der Waals surface area contributed by atoms with E-state index in [1.165, 1.54) is 32.6 Å². The highest BCUT2D eigenvalue weighted by molar-refractivity contribution is 5.05. The molecule has 12 heavy (non-hydrogen) atoms. The molecule has 2 heterocycles. The molecule has 1 spiro atoms. The molecule has 0 aliphatic carbocycles. The average molecular weight is 168 g/mol. The lowest BCUT2D eigenvalue weighted by Crippen LogP contribution is -2.60. The number of nitrogens with zero attached hydrogens (tertiary/aromatic N) is 2. The lowest BCUT2D eigenvalue weighted by Gasteiger charge is -2.51. The molecule has 0 amide bonds. The van der Waals surface area contributed by atoms with Crippen LogP contribution in [0.15, 0.2) is 0 Å². The van der Waals surface area contributed by atoms with Crippen LogP contribution in [0.3, 0.4) is 0 Å².